The van der Waals surface area contributed by atoms with Crippen LogP contribution < -0.4 is 4.90 Å². The van der Waals surface area contributed by atoms with Crippen molar-refractivity contribution in [2.24, 2.45) is 0 Å². The van der Waals surface area contributed by atoms with E-state index in [1.807, 2.05) is 38.1 Å². The second-order valence-electron chi connectivity index (χ2n) is 7.55. The maximum Gasteiger partial charge on any atom is 0.261 e. The van der Waals surface area contributed by atoms with E-state index in [1.165, 1.54) is 17.4 Å². The maximum atomic E-state index is 13.6. The Hall–Kier alpha value is -2.00. The van der Waals surface area contributed by atoms with Crippen LogP contribution >= 0.6 is 22.9 Å². The van der Waals surface area contributed by atoms with Gasteiger partial charge in [-0.1, -0.05) is 48.1 Å². The van der Waals surface area contributed by atoms with E-state index in [9.17, 15) is 13.2 Å². The fraction of sp³-hybridized carbons (Fsp3) is 0.364. The molecule has 0 N–H and O–H groups in total. The lowest BCUT2D eigenvalue weighted by molar-refractivity contribution is 0.0983. The summed E-state index contributed by atoms with van der Waals surface area (Å²) < 4.78 is 26.0. The molecule has 0 aliphatic carbocycles. The van der Waals surface area contributed by atoms with Crippen LogP contribution in [0, 0.1) is 6.92 Å². The van der Waals surface area contributed by atoms with Crippen molar-refractivity contribution in [3.05, 3.63) is 52.5 Å². The lowest BCUT2D eigenvalue weighted by Gasteiger charge is -2.22. The molecule has 3 rings (SSSR count). The summed E-state index contributed by atoms with van der Waals surface area (Å²) in [6, 6.07) is 10.1. The normalized spacial score (nSPS) is 11.9. The Balaban J connectivity index is 2.10. The first-order valence-corrected chi connectivity index (χ1v) is 12.8. The number of hydrogen-bond donors (Lipinski definition) is 0. The Morgan fingerprint density at radius 1 is 1.13 bits per heavy atom. The standard InChI is InChI=1S/C22H26ClN3O3S2/c1-5-31(28,29)18-10-7-6-9-16(18)21(27)26(14-8-13-25(3)4)22-24-19-15(2)11-12-17(23)20(19)30-22/h6-7,9-12H,5,8,13-14H2,1-4H3. The third-order valence-corrected chi connectivity index (χ3v) is 8.31. The summed E-state index contributed by atoms with van der Waals surface area (Å²) in [7, 11) is 0.381. The number of rotatable bonds is 8. The molecule has 0 bridgehead atoms. The van der Waals surface area contributed by atoms with Gasteiger partial charge in [0.1, 0.15) is 0 Å². The van der Waals surface area contributed by atoms with Crippen molar-refractivity contribution < 1.29 is 13.2 Å². The van der Waals surface area contributed by atoms with E-state index in [-0.39, 0.29) is 22.1 Å². The van der Waals surface area contributed by atoms with Crippen LogP contribution in [0.25, 0.3) is 10.2 Å². The molecule has 0 aliphatic heterocycles. The van der Waals surface area contributed by atoms with Gasteiger partial charge in [0.25, 0.3) is 5.91 Å². The van der Waals surface area contributed by atoms with Crippen molar-refractivity contribution in [3.63, 3.8) is 0 Å². The number of carbonyl (C=O) groups excluding carboxylic acids is 1. The van der Waals surface area contributed by atoms with Crippen molar-refractivity contribution in [1.29, 1.82) is 0 Å². The Morgan fingerprint density at radius 3 is 2.48 bits per heavy atom. The molecule has 1 amide bonds. The topological polar surface area (TPSA) is 70.6 Å². The van der Waals surface area contributed by atoms with Gasteiger partial charge in [-0.3, -0.25) is 9.69 Å². The SMILES string of the molecule is CCS(=O)(=O)c1ccccc1C(=O)N(CCCN(C)C)c1nc2c(C)ccc(Cl)c2s1. The number of aromatic nitrogens is 1. The van der Waals surface area contributed by atoms with Crippen LogP contribution in [0.1, 0.15) is 29.3 Å². The predicted molar refractivity (Wildman–Crippen MR) is 128 cm³/mol. The van der Waals surface area contributed by atoms with Gasteiger partial charge in [0.2, 0.25) is 0 Å². The van der Waals surface area contributed by atoms with E-state index in [1.54, 1.807) is 30.0 Å². The molecular formula is C22H26ClN3O3S2. The quantitative estimate of drug-likeness (QED) is 0.470. The Labute approximate surface area is 192 Å². The fourth-order valence-electron chi connectivity index (χ4n) is 3.25. The summed E-state index contributed by atoms with van der Waals surface area (Å²) in [4.78, 5) is 22.0. The van der Waals surface area contributed by atoms with Gasteiger partial charge in [0.15, 0.2) is 15.0 Å². The molecule has 31 heavy (non-hydrogen) atoms. The fourth-order valence-corrected chi connectivity index (χ4v) is 5.68. The van der Waals surface area contributed by atoms with Crippen molar-refractivity contribution in [3.8, 4) is 0 Å². The zero-order chi connectivity index (χ0) is 22.8. The molecule has 166 valence electrons. The Morgan fingerprint density at radius 2 is 1.84 bits per heavy atom. The molecule has 6 nitrogen and oxygen atoms in total. The number of nitrogens with zero attached hydrogens (tertiary/aromatic N) is 3. The lowest BCUT2D eigenvalue weighted by atomic mass is 10.2. The molecule has 2 aromatic carbocycles. The molecule has 9 heteroatoms. The summed E-state index contributed by atoms with van der Waals surface area (Å²) in [5, 5.41) is 1.10. The minimum Gasteiger partial charge on any atom is -0.309 e. The van der Waals surface area contributed by atoms with Gasteiger partial charge in [0, 0.05) is 6.54 Å². The van der Waals surface area contributed by atoms with Crippen LogP contribution in [0.3, 0.4) is 0 Å². The average Bonchev–Trinajstić information content (AvgIpc) is 3.20. The number of thiazole rings is 1. The molecule has 0 atom stereocenters. The zero-order valence-electron chi connectivity index (χ0n) is 18.1. The minimum absolute atomic E-state index is 0.0513. The van der Waals surface area contributed by atoms with Crippen LogP contribution in [0.15, 0.2) is 41.3 Å². The Bertz CT molecular complexity index is 1170. The first-order chi connectivity index (χ1) is 14.7. The van der Waals surface area contributed by atoms with Gasteiger partial charge in [0.05, 0.1) is 31.5 Å². The molecule has 0 unspecified atom stereocenters. The number of amides is 1. The highest BCUT2D eigenvalue weighted by Gasteiger charge is 2.27. The van der Waals surface area contributed by atoms with Gasteiger partial charge in [-0.05, 0) is 57.7 Å². The molecule has 0 spiro atoms. The molecule has 0 saturated heterocycles. The monoisotopic (exact) mass is 479 g/mol. The summed E-state index contributed by atoms with van der Waals surface area (Å²) in [6.45, 7) is 4.71. The Kier molecular flexibility index (Phi) is 7.36. The second-order valence-corrected chi connectivity index (χ2v) is 11.2. The van der Waals surface area contributed by atoms with E-state index >= 15 is 0 Å². The highest BCUT2D eigenvalue weighted by atomic mass is 35.5. The highest BCUT2D eigenvalue weighted by Crippen LogP contribution is 2.36. The van der Waals surface area contributed by atoms with Crippen LogP contribution in [-0.4, -0.2) is 57.1 Å². The van der Waals surface area contributed by atoms with E-state index < -0.39 is 9.84 Å². The van der Waals surface area contributed by atoms with E-state index in [2.05, 4.69) is 0 Å². The number of benzene rings is 2. The molecular weight excluding hydrogens is 454 g/mol. The molecule has 1 heterocycles. The number of hydrogen-bond acceptors (Lipinski definition) is 6. The van der Waals surface area contributed by atoms with Crippen molar-refractivity contribution in [1.82, 2.24) is 9.88 Å². The summed E-state index contributed by atoms with van der Waals surface area (Å²) in [5.74, 6) is -0.451. The smallest absolute Gasteiger partial charge is 0.261 e. The molecule has 0 aliphatic rings. The van der Waals surface area contributed by atoms with Crippen LogP contribution in [-0.2, 0) is 9.84 Å². The van der Waals surface area contributed by atoms with Gasteiger partial charge in [-0.2, -0.15) is 0 Å². The average molecular weight is 480 g/mol. The summed E-state index contributed by atoms with van der Waals surface area (Å²) in [5.41, 5.74) is 1.89. The predicted octanol–water partition coefficient (Wildman–Crippen LogP) is 4.65. The first-order valence-electron chi connectivity index (χ1n) is 9.99. The number of anilines is 1. The lowest BCUT2D eigenvalue weighted by Crippen LogP contribution is -2.34. The zero-order valence-corrected chi connectivity index (χ0v) is 20.4. The third-order valence-electron chi connectivity index (χ3n) is 4.98. The van der Waals surface area contributed by atoms with Crippen LogP contribution in [0.2, 0.25) is 5.02 Å². The molecule has 0 fully saturated rings. The van der Waals surface area contributed by atoms with E-state index in [4.69, 9.17) is 16.6 Å². The van der Waals surface area contributed by atoms with E-state index in [0.717, 1.165) is 22.3 Å². The van der Waals surface area contributed by atoms with Crippen LogP contribution in [0.5, 0.6) is 0 Å². The van der Waals surface area contributed by atoms with Gasteiger partial charge >= 0.3 is 0 Å². The number of sulfone groups is 1. The summed E-state index contributed by atoms with van der Waals surface area (Å²) >= 11 is 7.72. The number of aryl methyl sites for hydroxylation is 1. The molecule has 0 saturated carbocycles. The third kappa shape index (κ3) is 5.09. The molecule has 0 radical (unpaired) electrons. The second kappa shape index (κ2) is 9.65. The van der Waals surface area contributed by atoms with Crippen molar-refractivity contribution >= 4 is 54.0 Å². The van der Waals surface area contributed by atoms with Gasteiger partial charge < -0.3 is 4.90 Å². The number of carbonyl (C=O) groups is 1. The van der Waals surface area contributed by atoms with Gasteiger partial charge in [-0.25, -0.2) is 13.4 Å². The first kappa shape index (κ1) is 23.7. The largest absolute Gasteiger partial charge is 0.309 e. The van der Waals surface area contributed by atoms with Crippen molar-refractivity contribution in [2.45, 2.75) is 25.2 Å². The highest BCUT2D eigenvalue weighted by molar-refractivity contribution is 7.91. The molecule has 1 aromatic heterocycles. The van der Waals surface area contributed by atoms with Crippen LogP contribution in [0.4, 0.5) is 5.13 Å². The molecule has 3 aromatic rings. The number of halogens is 1. The number of fused-ring (bicyclic) bond motifs is 1. The maximum absolute atomic E-state index is 13.6. The van der Waals surface area contributed by atoms with Crippen molar-refractivity contribution in [2.75, 3.05) is 37.8 Å². The van der Waals surface area contributed by atoms with E-state index in [0.29, 0.717) is 23.1 Å². The van der Waals surface area contributed by atoms with Gasteiger partial charge in [-0.15, -0.1) is 0 Å². The summed E-state index contributed by atoms with van der Waals surface area (Å²) in [6.07, 6.45) is 0.712. The minimum atomic E-state index is -3.56.